The maximum absolute atomic E-state index is 4.36. The van der Waals surface area contributed by atoms with E-state index < -0.39 is 0 Å². The Labute approximate surface area is 112 Å². The van der Waals surface area contributed by atoms with Crippen LogP contribution >= 0.6 is 0 Å². The van der Waals surface area contributed by atoms with Crippen LogP contribution in [0, 0.1) is 0 Å². The Balaban J connectivity index is 1.70. The number of nitrogens with zero attached hydrogens (tertiary/aromatic N) is 2. The summed E-state index contributed by atoms with van der Waals surface area (Å²) in [7, 11) is 0. The van der Waals surface area contributed by atoms with Crippen LogP contribution in [-0.4, -0.2) is 9.78 Å². The summed E-state index contributed by atoms with van der Waals surface area (Å²) in [5.41, 5.74) is 3.32. The molecule has 0 aliphatic rings. The van der Waals surface area contributed by atoms with Crippen molar-refractivity contribution in [3.8, 4) is 0 Å². The van der Waals surface area contributed by atoms with Gasteiger partial charge in [0.1, 0.15) is 0 Å². The van der Waals surface area contributed by atoms with E-state index in [1.54, 1.807) is 0 Å². The van der Waals surface area contributed by atoms with Crippen LogP contribution in [-0.2, 0) is 6.54 Å². The molecular weight excluding hydrogens is 234 g/mol. The van der Waals surface area contributed by atoms with Crippen molar-refractivity contribution in [1.82, 2.24) is 9.78 Å². The Kier molecular flexibility index (Phi) is 3.28. The summed E-state index contributed by atoms with van der Waals surface area (Å²) in [6.45, 7) is 0.789. The third-order valence-corrected chi connectivity index (χ3v) is 2.88. The Morgan fingerprint density at radius 1 is 0.842 bits per heavy atom. The van der Waals surface area contributed by atoms with Gasteiger partial charge in [-0.05, 0) is 17.7 Å². The van der Waals surface area contributed by atoms with Gasteiger partial charge >= 0.3 is 0 Å². The van der Waals surface area contributed by atoms with E-state index in [2.05, 4.69) is 22.5 Å². The van der Waals surface area contributed by atoms with Gasteiger partial charge in [0, 0.05) is 11.9 Å². The van der Waals surface area contributed by atoms with E-state index in [9.17, 15) is 0 Å². The highest BCUT2D eigenvalue weighted by atomic mass is 15.3. The highest BCUT2D eigenvalue weighted by Gasteiger charge is 1.99. The van der Waals surface area contributed by atoms with Crippen LogP contribution in [0.3, 0.4) is 0 Å². The van der Waals surface area contributed by atoms with Crippen molar-refractivity contribution in [2.75, 3.05) is 5.32 Å². The second kappa shape index (κ2) is 5.40. The predicted molar refractivity (Wildman–Crippen MR) is 77.5 cm³/mol. The van der Waals surface area contributed by atoms with Crippen molar-refractivity contribution < 1.29 is 0 Å². The Hall–Kier alpha value is -2.55. The van der Waals surface area contributed by atoms with Gasteiger partial charge in [-0.25, -0.2) is 0 Å². The standard InChI is InChI=1S/C16H15N3/c1-3-7-14(8-4-1)12-19-13-16(11-17-19)18-15-9-5-2-6-10-15/h1-11,13,18H,12H2. The molecule has 1 N–H and O–H groups in total. The molecule has 0 unspecified atom stereocenters. The summed E-state index contributed by atoms with van der Waals surface area (Å²) in [5.74, 6) is 0. The largest absolute Gasteiger partial charge is 0.353 e. The summed E-state index contributed by atoms with van der Waals surface area (Å²) in [6.07, 6.45) is 3.86. The molecule has 3 aromatic rings. The van der Waals surface area contributed by atoms with Crippen LogP contribution in [0.15, 0.2) is 73.1 Å². The number of nitrogens with one attached hydrogen (secondary N) is 1. The fourth-order valence-electron chi connectivity index (χ4n) is 1.97. The quantitative estimate of drug-likeness (QED) is 0.764. The third kappa shape index (κ3) is 3.01. The molecule has 3 nitrogen and oxygen atoms in total. The molecule has 2 aromatic carbocycles. The lowest BCUT2D eigenvalue weighted by Crippen LogP contribution is -1.99. The van der Waals surface area contributed by atoms with E-state index in [0.29, 0.717) is 0 Å². The fraction of sp³-hybridized carbons (Fsp3) is 0.0625. The average Bonchev–Trinajstić information content (AvgIpc) is 2.88. The lowest BCUT2D eigenvalue weighted by atomic mass is 10.2. The van der Waals surface area contributed by atoms with E-state index in [-0.39, 0.29) is 0 Å². The molecule has 0 atom stereocenters. The maximum Gasteiger partial charge on any atom is 0.0770 e. The van der Waals surface area contributed by atoms with Gasteiger partial charge < -0.3 is 5.32 Å². The SMILES string of the molecule is c1ccc(Cn2cc(Nc3ccccc3)cn2)cc1. The van der Waals surface area contributed by atoms with Crippen molar-refractivity contribution in [3.05, 3.63) is 78.6 Å². The van der Waals surface area contributed by atoms with E-state index >= 15 is 0 Å². The highest BCUT2D eigenvalue weighted by Crippen LogP contribution is 2.15. The molecule has 0 saturated carbocycles. The van der Waals surface area contributed by atoms with Crippen LogP contribution in [0.2, 0.25) is 0 Å². The third-order valence-electron chi connectivity index (χ3n) is 2.88. The first-order valence-corrected chi connectivity index (χ1v) is 6.28. The number of rotatable bonds is 4. The molecule has 0 spiro atoms. The minimum atomic E-state index is 0.789. The number of para-hydroxylation sites is 1. The summed E-state index contributed by atoms with van der Waals surface area (Å²) in [4.78, 5) is 0. The van der Waals surface area contributed by atoms with Crippen molar-refractivity contribution in [1.29, 1.82) is 0 Å². The molecule has 1 aromatic heterocycles. The number of benzene rings is 2. The van der Waals surface area contributed by atoms with E-state index in [1.807, 2.05) is 65.6 Å². The number of aromatic nitrogens is 2. The van der Waals surface area contributed by atoms with E-state index in [4.69, 9.17) is 0 Å². The molecule has 0 bridgehead atoms. The highest BCUT2D eigenvalue weighted by molar-refractivity contribution is 5.57. The van der Waals surface area contributed by atoms with Gasteiger partial charge in [-0.3, -0.25) is 4.68 Å². The molecule has 0 amide bonds. The van der Waals surface area contributed by atoms with Crippen molar-refractivity contribution in [2.24, 2.45) is 0 Å². The molecule has 19 heavy (non-hydrogen) atoms. The maximum atomic E-state index is 4.36. The van der Waals surface area contributed by atoms with Gasteiger partial charge in [0.2, 0.25) is 0 Å². The second-order valence-corrected chi connectivity index (χ2v) is 4.40. The molecule has 0 aliphatic carbocycles. The van der Waals surface area contributed by atoms with Crippen molar-refractivity contribution >= 4 is 11.4 Å². The number of hydrogen-bond acceptors (Lipinski definition) is 2. The smallest absolute Gasteiger partial charge is 0.0770 e. The normalized spacial score (nSPS) is 10.3. The molecule has 1 heterocycles. The zero-order chi connectivity index (χ0) is 12.9. The molecular formula is C16H15N3. The van der Waals surface area contributed by atoms with Crippen LogP contribution in [0.1, 0.15) is 5.56 Å². The van der Waals surface area contributed by atoms with Gasteiger partial charge in [0.15, 0.2) is 0 Å². The molecule has 3 rings (SSSR count). The monoisotopic (exact) mass is 249 g/mol. The average molecular weight is 249 g/mol. The first-order chi connectivity index (χ1) is 9.40. The summed E-state index contributed by atoms with van der Waals surface area (Å²) in [6, 6.07) is 20.4. The fourth-order valence-corrected chi connectivity index (χ4v) is 1.97. The van der Waals surface area contributed by atoms with Crippen LogP contribution in [0.25, 0.3) is 0 Å². The van der Waals surface area contributed by atoms with Crippen molar-refractivity contribution in [3.63, 3.8) is 0 Å². The van der Waals surface area contributed by atoms with E-state index in [1.165, 1.54) is 5.56 Å². The molecule has 3 heteroatoms. The lowest BCUT2D eigenvalue weighted by molar-refractivity contribution is 0.687. The first-order valence-electron chi connectivity index (χ1n) is 6.28. The van der Waals surface area contributed by atoms with Gasteiger partial charge in [0.25, 0.3) is 0 Å². The Bertz CT molecular complexity index is 573. The Morgan fingerprint density at radius 2 is 1.53 bits per heavy atom. The zero-order valence-electron chi connectivity index (χ0n) is 10.5. The number of anilines is 2. The summed E-state index contributed by atoms with van der Waals surface area (Å²) >= 11 is 0. The van der Waals surface area contributed by atoms with Crippen molar-refractivity contribution in [2.45, 2.75) is 6.54 Å². The van der Waals surface area contributed by atoms with Crippen LogP contribution < -0.4 is 5.32 Å². The Morgan fingerprint density at radius 3 is 2.26 bits per heavy atom. The number of hydrogen-bond donors (Lipinski definition) is 1. The van der Waals surface area contributed by atoms with Crippen LogP contribution in [0.4, 0.5) is 11.4 Å². The minimum absolute atomic E-state index is 0.789. The van der Waals surface area contributed by atoms with Crippen LogP contribution in [0.5, 0.6) is 0 Å². The predicted octanol–water partition coefficient (Wildman–Crippen LogP) is 3.68. The summed E-state index contributed by atoms with van der Waals surface area (Å²) < 4.78 is 1.93. The first kappa shape index (κ1) is 11.5. The molecule has 0 saturated heterocycles. The lowest BCUT2D eigenvalue weighted by Gasteiger charge is -2.02. The van der Waals surface area contributed by atoms with Gasteiger partial charge in [-0.15, -0.1) is 0 Å². The second-order valence-electron chi connectivity index (χ2n) is 4.40. The molecule has 0 fully saturated rings. The minimum Gasteiger partial charge on any atom is -0.353 e. The zero-order valence-corrected chi connectivity index (χ0v) is 10.5. The van der Waals surface area contributed by atoms with Gasteiger partial charge in [-0.1, -0.05) is 48.5 Å². The molecule has 0 aliphatic heterocycles. The van der Waals surface area contributed by atoms with E-state index in [0.717, 1.165) is 17.9 Å². The topological polar surface area (TPSA) is 29.9 Å². The molecule has 94 valence electrons. The summed E-state index contributed by atoms with van der Waals surface area (Å²) in [5, 5.41) is 7.69. The molecule has 0 radical (unpaired) electrons. The van der Waals surface area contributed by atoms with Gasteiger partial charge in [-0.2, -0.15) is 5.10 Å². The van der Waals surface area contributed by atoms with Gasteiger partial charge in [0.05, 0.1) is 18.4 Å².